The predicted molar refractivity (Wildman–Crippen MR) is 96.2 cm³/mol. The third-order valence-electron chi connectivity index (χ3n) is 3.24. The second-order valence-corrected chi connectivity index (χ2v) is 7.85. The Hall–Kier alpha value is -1.82. The smallest absolute Gasteiger partial charge is 0.156 e. The van der Waals surface area contributed by atoms with Crippen molar-refractivity contribution in [1.82, 2.24) is 15.0 Å². The molecular weight excluding hydrogens is 417 g/mol. The maximum Gasteiger partial charge on any atom is 0.156 e. The van der Waals surface area contributed by atoms with Gasteiger partial charge in [0.2, 0.25) is 0 Å². The Bertz CT molecular complexity index is 869. The molecule has 2 aromatic rings. The minimum atomic E-state index is -2.75. The summed E-state index contributed by atoms with van der Waals surface area (Å²) in [5.41, 5.74) is 1.76. The van der Waals surface area contributed by atoms with Crippen molar-refractivity contribution in [3.8, 4) is 0 Å². The number of nitrogens with zero attached hydrogens (tertiary/aromatic N) is 3. The summed E-state index contributed by atoms with van der Waals surface area (Å²) < 4.78 is 32.2. The lowest BCUT2D eigenvalue weighted by Crippen LogP contribution is -2.31. The van der Waals surface area contributed by atoms with Gasteiger partial charge in [-0.3, -0.25) is 0 Å². The maximum absolute atomic E-state index is 13.3. The second kappa shape index (κ2) is 8.52. The van der Waals surface area contributed by atoms with E-state index in [2.05, 4.69) is 42.0 Å². The number of nitrogens with two attached hydrogens (primary N) is 1. The molecule has 0 radical (unpaired) electrons. The summed E-state index contributed by atoms with van der Waals surface area (Å²) in [7, 11) is -2.75. The molecule has 0 fully saturated rings. The van der Waals surface area contributed by atoms with Gasteiger partial charge in [0.1, 0.15) is 17.2 Å². The highest BCUT2D eigenvalue weighted by atomic mass is 79.9. The number of nitrogens with one attached hydrogen (secondary N) is 1. The van der Waals surface area contributed by atoms with E-state index in [4.69, 9.17) is 9.77 Å². The Labute approximate surface area is 152 Å². The average Bonchev–Trinajstić information content (AvgIpc) is 3.00. The maximum atomic E-state index is 13.3. The summed E-state index contributed by atoms with van der Waals surface area (Å²) in [4.78, 5) is 0. The molecule has 1 heterocycles. The van der Waals surface area contributed by atoms with Crippen molar-refractivity contribution in [1.29, 1.82) is 0 Å². The highest BCUT2D eigenvalue weighted by Gasteiger charge is 2.18. The van der Waals surface area contributed by atoms with Gasteiger partial charge in [-0.15, -0.1) is 0 Å². The van der Waals surface area contributed by atoms with E-state index in [0.29, 0.717) is 35.2 Å². The minimum absolute atomic E-state index is 0.213. The number of halogens is 2. The third-order valence-corrected chi connectivity index (χ3v) is 4.54. The zero-order valence-electron chi connectivity index (χ0n) is 13.1. The van der Waals surface area contributed by atoms with Gasteiger partial charge in [0.05, 0.1) is 14.4 Å². The molecule has 0 bridgehead atoms. The highest BCUT2D eigenvalue weighted by Crippen LogP contribution is 2.19. The first kappa shape index (κ1) is 19.5. The van der Waals surface area contributed by atoms with Crippen molar-refractivity contribution >= 4 is 37.4 Å². The van der Waals surface area contributed by atoms with Gasteiger partial charge in [-0.05, 0) is 57.5 Å². The first-order chi connectivity index (χ1) is 11.8. The van der Waals surface area contributed by atoms with Crippen LogP contribution < -0.4 is 9.86 Å². The first-order valence-electron chi connectivity index (χ1n) is 7.16. The van der Waals surface area contributed by atoms with Gasteiger partial charge < -0.3 is 5.21 Å². The number of oxime groups is 1. The summed E-state index contributed by atoms with van der Waals surface area (Å²) in [6.45, 7) is 0.363. The molecule has 0 amide bonds. The van der Waals surface area contributed by atoms with E-state index in [-0.39, 0.29) is 17.9 Å². The van der Waals surface area contributed by atoms with E-state index < -0.39 is 9.89 Å². The lowest BCUT2D eigenvalue weighted by molar-refractivity contribution is 0.300. The number of aryl methyl sites for hydroxylation is 1. The lowest BCUT2D eigenvalue weighted by atomic mass is 10.0. The van der Waals surface area contributed by atoms with Crippen LogP contribution in [0.3, 0.4) is 0 Å². The van der Waals surface area contributed by atoms with Crippen molar-refractivity contribution in [2.24, 2.45) is 10.3 Å². The fourth-order valence-corrected chi connectivity index (χ4v) is 3.02. The summed E-state index contributed by atoms with van der Waals surface area (Å²) in [6, 6.07) is 4.48. The molecule has 2 rings (SSSR count). The molecule has 1 aromatic carbocycles. The number of benzene rings is 1. The largest absolute Gasteiger partial charge is 0.411 e. The standard InChI is InChI=1S/C14H17BrFN5O3S/c1-25(17,23)18-6-2-3-12-14(21-24-20-12)13(19-22)8-9-4-5-11(16)10(15)7-9/h4-5,7,22H,1-3,6,8H2,(H3,17,18,23)/b19-13+. The van der Waals surface area contributed by atoms with E-state index in [0.717, 1.165) is 5.56 Å². The molecule has 8 nitrogen and oxygen atoms in total. The van der Waals surface area contributed by atoms with Crippen LogP contribution in [0.2, 0.25) is 0 Å². The van der Waals surface area contributed by atoms with Crippen LogP contribution in [-0.2, 0) is 22.7 Å². The Morgan fingerprint density at radius 1 is 1.52 bits per heavy atom. The minimum Gasteiger partial charge on any atom is -0.411 e. The monoisotopic (exact) mass is 433 g/mol. The molecule has 0 saturated heterocycles. The summed E-state index contributed by atoms with van der Waals surface area (Å²) >= 11 is 3.11. The number of rotatable bonds is 8. The highest BCUT2D eigenvalue weighted by molar-refractivity contribution is 9.10. The summed E-state index contributed by atoms with van der Waals surface area (Å²) in [6.07, 6.45) is 1.20. The van der Waals surface area contributed by atoms with Gasteiger partial charge in [0, 0.05) is 13.0 Å². The molecule has 11 heteroatoms. The molecule has 1 aromatic heterocycles. The predicted octanol–water partition coefficient (Wildman–Crippen LogP) is 1.42. The van der Waals surface area contributed by atoms with Crippen molar-refractivity contribution < 1.29 is 18.4 Å². The van der Waals surface area contributed by atoms with Gasteiger partial charge in [-0.2, -0.15) is 0 Å². The molecule has 1 atom stereocenters. The molecule has 1 unspecified atom stereocenters. The van der Waals surface area contributed by atoms with Crippen molar-refractivity contribution in [2.45, 2.75) is 19.3 Å². The van der Waals surface area contributed by atoms with Crippen LogP contribution in [0.4, 0.5) is 4.39 Å². The topological polar surface area (TPSA) is 127 Å². The van der Waals surface area contributed by atoms with E-state index in [1.54, 1.807) is 12.1 Å². The van der Waals surface area contributed by atoms with Gasteiger partial charge in [-0.1, -0.05) is 16.4 Å². The van der Waals surface area contributed by atoms with Gasteiger partial charge in [0.15, 0.2) is 5.69 Å². The van der Waals surface area contributed by atoms with Crippen molar-refractivity contribution in [3.05, 3.63) is 45.4 Å². The second-order valence-electron chi connectivity index (χ2n) is 5.26. The molecule has 0 spiro atoms. The van der Waals surface area contributed by atoms with Gasteiger partial charge in [-0.25, -0.2) is 23.1 Å². The Kier molecular flexibility index (Phi) is 6.64. The van der Waals surface area contributed by atoms with Crippen LogP contribution in [0, 0.1) is 5.82 Å². The molecule has 25 heavy (non-hydrogen) atoms. The molecule has 0 aliphatic rings. The molecule has 4 N–H and O–H groups in total. The van der Waals surface area contributed by atoms with Gasteiger partial charge >= 0.3 is 0 Å². The summed E-state index contributed by atoms with van der Waals surface area (Å²) in [5, 5.41) is 25.4. The van der Waals surface area contributed by atoms with E-state index in [9.17, 15) is 13.8 Å². The third kappa shape index (κ3) is 5.88. The molecule has 0 saturated carbocycles. The number of hydrogen-bond donors (Lipinski definition) is 3. The fourth-order valence-electron chi connectivity index (χ4n) is 2.10. The fraction of sp³-hybridized carbons (Fsp3) is 0.286. The van der Waals surface area contributed by atoms with Crippen LogP contribution in [0.1, 0.15) is 23.4 Å². The quantitative estimate of drug-likeness (QED) is 0.190. The average molecular weight is 434 g/mol. The normalized spacial score (nSPS) is 14.4. The summed E-state index contributed by atoms with van der Waals surface area (Å²) in [5.74, 6) is 2.90. The van der Waals surface area contributed by atoms with Crippen LogP contribution in [0.5, 0.6) is 0 Å². The number of aromatic nitrogens is 2. The van der Waals surface area contributed by atoms with E-state index in [1.165, 1.54) is 6.07 Å². The molecule has 136 valence electrons. The lowest BCUT2D eigenvalue weighted by Gasteiger charge is -2.06. The Morgan fingerprint density at radius 2 is 2.28 bits per heavy atom. The SMILES string of the molecule is C=S(N)(=O)NCCCc1nonc1/C(Cc1ccc(F)c(Br)c1)=N/O. The molecule has 0 aliphatic carbocycles. The molecule has 0 aliphatic heterocycles. The van der Waals surface area contributed by atoms with Crippen LogP contribution in [-0.4, -0.2) is 37.9 Å². The number of hydrogen-bond acceptors (Lipinski definition) is 6. The van der Waals surface area contributed by atoms with Crippen molar-refractivity contribution in [2.75, 3.05) is 6.54 Å². The Balaban J connectivity index is 2.06. The zero-order valence-corrected chi connectivity index (χ0v) is 15.5. The van der Waals surface area contributed by atoms with Crippen LogP contribution in [0.25, 0.3) is 0 Å². The molecular formula is C14H17BrFN5O3S. The van der Waals surface area contributed by atoms with Crippen LogP contribution >= 0.6 is 15.9 Å². The zero-order chi connectivity index (χ0) is 18.4. The van der Waals surface area contributed by atoms with Crippen molar-refractivity contribution in [3.63, 3.8) is 0 Å². The van der Waals surface area contributed by atoms with E-state index in [1.807, 2.05) is 0 Å². The first-order valence-corrected chi connectivity index (χ1v) is 9.74. The Morgan fingerprint density at radius 3 is 2.92 bits per heavy atom. The van der Waals surface area contributed by atoms with Gasteiger partial charge in [0.25, 0.3) is 0 Å². The van der Waals surface area contributed by atoms with E-state index >= 15 is 0 Å². The van der Waals surface area contributed by atoms with Crippen LogP contribution in [0.15, 0.2) is 32.5 Å².